The van der Waals surface area contributed by atoms with Gasteiger partial charge in [-0.15, -0.1) is 0 Å². The maximum absolute atomic E-state index is 9.13. The van der Waals surface area contributed by atoms with Gasteiger partial charge in [-0.05, 0) is 37.5 Å². The number of nitrogens with two attached hydrogens (primary N) is 1. The fraction of sp³-hybridized carbons (Fsp3) is 0.400. The van der Waals surface area contributed by atoms with Crippen LogP contribution in [0, 0.1) is 6.92 Å². The lowest BCUT2D eigenvalue weighted by Gasteiger charge is -2.06. The molecule has 0 radical (unpaired) electrons. The van der Waals surface area contributed by atoms with Crippen molar-refractivity contribution in [3.8, 4) is 0 Å². The van der Waals surface area contributed by atoms with Crippen molar-refractivity contribution in [3.63, 3.8) is 0 Å². The molecule has 0 aromatic heterocycles. The molecule has 0 heterocycles. The number of rotatable bonds is 2. The molecule has 0 spiro atoms. The van der Waals surface area contributed by atoms with Crippen LogP contribution in [0.4, 0.5) is 5.69 Å². The highest BCUT2D eigenvalue weighted by Crippen LogP contribution is 2.13. The van der Waals surface area contributed by atoms with Crippen molar-refractivity contribution in [1.29, 1.82) is 0 Å². The van der Waals surface area contributed by atoms with Crippen LogP contribution in [0.15, 0.2) is 18.2 Å². The third kappa shape index (κ3) is 2.24. The number of hydrogen-bond donors (Lipinski definition) is 2. The largest absolute Gasteiger partial charge is 0.399 e. The Morgan fingerprint density at radius 3 is 2.67 bits per heavy atom. The molecule has 0 fully saturated rings. The summed E-state index contributed by atoms with van der Waals surface area (Å²) >= 11 is 0. The topological polar surface area (TPSA) is 46.2 Å². The molecule has 2 nitrogen and oxygen atoms in total. The van der Waals surface area contributed by atoms with Crippen LogP contribution in [0.25, 0.3) is 0 Å². The third-order valence-electron chi connectivity index (χ3n) is 1.87. The van der Waals surface area contributed by atoms with Gasteiger partial charge in [0.25, 0.3) is 0 Å². The fourth-order valence-electron chi connectivity index (χ4n) is 1.16. The van der Waals surface area contributed by atoms with Crippen molar-refractivity contribution in [1.82, 2.24) is 0 Å². The SMILES string of the molecule is Cc1ccc(CC(C)O)cc1N. The van der Waals surface area contributed by atoms with Crippen LogP contribution in [0.3, 0.4) is 0 Å². The van der Waals surface area contributed by atoms with Crippen molar-refractivity contribution in [3.05, 3.63) is 29.3 Å². The van der Waals surface area contributed by atoms with Gasteiger partial charge in [0.15, 0.2) is 0 Å². The standard InChI is InChI=1S/C10H15NO/c1-7-3-4-9(5-8(2)12)6-10(7)11/h3-4,6,8,12H,5,11H2,1-2H3. The van der Waals surface area contributed by atoms with E-state index in [9.17, 15) is 0 Å². The summed E-state index contributed by atoms with van der Waals surface area (Å²) in [7, 11) is 0. The zero-order valence-corrected chi connectivity index (χ0v) is 7.54. The lowest BCUT2D eigenvalue weighted by Crippen LogP contribution is -2.04. The van der Waals surface area contributed by atoms with Crippen molar-refractivity contribution in [2.75, 3.05) is 5.73 Å². The molecule has 1 atom stereocenters. The predicted molar refractivity (Wildman–Crippen MR) is 51.0 cm³/mol. The maximum Gasteiger partial charge on any atom is 0.0552 e. The number of nitrogen functional groups attached to an aromatic ring is 1. The Kier molecular flexibility index (Phi) is 2.71. The van der Waals surface area contributed by atoms with E-state index in [1.54, 1.807) is 6.92 Å². The molecule has 66 valence electrons. The van der Waals surface area contributed by atoms with E-state index in [0.29, 0.717) is 6.42 Å². The highest BCUT2D eigenvalue weighted by Gasteiger charge is 2.00. The van der Waals surface area contributed by atoms with Gasteiger partial charge in [0.05, 0.1) is 6.10 Å². The molecule has 12 heavy (non-hydrogen) atoms. The molecule has 1 unspecified atom stereocenters. The molecule has 0 aliphatic heterocycles. The first-order valence-electron chi connectivity index (χ1n) is 4.12. The minimum atomic E-state index is -0.299. The van der Waals surface area contributed by atoms with Gasteiger partial charge in [0.1, 0.15) is 0 Å². The zero-order chi connectivity index (χ0) is 9.14. The quantitative estimate of drug-likeness (QED) is 0.652. The molecule has 0 amide bonds. The van der Waals surface area contributed by atoms with Gasteiger partial charge in [-0.3, -0.25) is 0 Å². The minimum absolute atomic E-state index is 0.299. The minimum Gasteiger partial charge on any atom is -0.399 e. The lowest BCUT2D eigenvalue weighted by molar-refractivity contribution is 0.195. The van der Waals surface area contributed by atoms with Crippen LogP contribution in [-0.4, -0.2) is 11.2 Å². The van der Waals surface area contributed by atoms with Gasteiger partial charge >= 0.3 is 0 Å². The summed E-state index contributed by atoms with van der Waals surface area (Å²) in [5, 5.41) is 9.13. The van der Waals surface area contributed by atoms with Crippen molar-refractivity contribution in [2.45, 2.75) is 26.4 Å². The first-order valence-corrected chi connectivity index (χ1v) is 4.12. The molecule has 3 N–H and O–H groups in total. The van der Waals surface area contributed by atoms with E-state index >= 15 is 0 Å². The summed E-state index contributed by atoms with van der Waals surface area (Å²) in [6, 6.07) is 5.90. The summed E-state index contributed by atoms with van der Waals surface area (Å²) in [6.07, 6.45) is 0.372. The number of aliphatic hydroxyl groups excluding tert-OH is 1. The molecule has 1 aromatic rings. The van der Waals surface area contributed by atoms with E-state index in [-0.39, 0.29) is 6.10 Å². The van der Waals surface area contributed by atoms with E-state index in [2.05, 4.69) is 0 Å². The molecule has 1 rings (SSSR count). The summed E-state index contributed by atoms with van der Waals surface area (Å²) in [5.41, 5.74) is 8.69. The molecule has 2 heteroatoms. The lowest BCUT2D eigenvalue weighted by atomic mass is 10.1. The Bertz CT molecular complexity index is 269. The molecule has 0 saturated carbocycles. The molecule has 1 aromatic carbocycles. The van der Waals surface area contributed by atoms with Crippen molar-refractivity contribution >= 4 is 5.69 Å². The van der Waals surface area contributed by atoms with Gasteiger partial charge < -0.3 is 10.8 Å². The molecule has 0 aliphatic carbocycles. The highest BCUT2D eigenvalue weighted by atomic mass is 16.3. The van der Waals surface area contributed by atoms with Crippen molar-refractivity contribution < 1.29 is 5.11 Å². The number of anilines is 1. The number of hydrogen-bond acceptors (Lipinski definition) is 2. The monoisotopic (exact) mass is 165 g/mol. The van der Waals surface area contributed by atoms with Crippen LogP contribution < -0.4 is 5.73 Å². The summed E-state index contributed by atoms with van der Waals surface area (Å²) < 4.78 is 0. The maximum atomic E-state index is 9.13. The van der Waals surface area contributed by atoms with E-state index in [1.807, 2.05) is 25.1 Å². The molecular formula is C10H15NO. The second kappa shape index (κ2) is 3.59. The molecule has 0 aliphatic rings. The average Bonchev–Trinajstić information content (AvgIpc) is 1.96. The van der Waals surface area contributed by atoms with E-state index in [0.717, 1.165) is 16.8 Å². The first-order chi connectivity index (χ1) is 5.59. The van der Waals surface area contributed by atoms with E-state index in [1.165, 1.54) is 0 Å². The Morgan fingerprint density at radius 2 is 2.17 bits per heavy atom. The summed E-state index contributed by atoms with van der Waals surface area (Å²) in [5.74, 6) is 0. The van der Waals surface area contributed by atoms with Crippen LogP contribution in [0.1, 0.15) is 18.1 Å². The van der Waals surface area contributed by atoms with Crippen LogP contribution >= 0.6 is 0 Å². The van der Waals surface area contributed by atoms with Gasteiger partial charge in [0.2, 0.25) is 0 Å². The van der Waals surface area contributed by atoms with Gasteiger partial charge in [-0.1, -0.05) is 12.1 Å². The first kappa shape index (κ1) is 9.07. The smallest absolute Gasteiger partial charge is 0.0552 e. The van der Waals surface area contributed by atoms with Gasteiger partial charge in [-0.2, -0.15) is 0 Å². The second-order valence-electron chi connectivity index (χ2n) is 3.24. The van der Waals surface area contributed by atoms with Crippen LogP contribution in [-0.2, 0) is 6.42 Å². The molecule has 0 bridgehead atoms. The van der Waals surface area contributed by atoms with Crippen molar-refractivity contribution in [2.24, 2.45) is 0 Å². The predicted octanol–water partition coefficient (Wildman–Crippen LogP) is 1.50. The molecule has 0 saturated heterocycles. The zero-order valence-electron chi connectivity index (χ0n) is 7.54. The molecular weight excluding hydrogens is 150 g/mol. The Balaban J connectivity index is 2.82. The highest BCUT2D eigenvalue weighted by molar-refractivity contribution is 5.48. The fourth-order valence-corrected chi connectivity index (χ4v) is 1.16. The number of aliphatic hydroxyl groups is 1. The van der Waals surface area contributed by atoms with Crippen LogP contribution in [0.2, 0.25) is 0 Å². The van der Waals surface area contributed by atoms with Gasteiger partial charge in [0, 0.05) is 5.69 Å². The number of benzene rings is 1. The normalized spacial score (nSPS) is 12.9. The Labute approximate surface area is 73.0 Å². The Hall–Kier alpha value is -1.02. The van der Waals surface area contributed by atoms with Crippen LogP contribution in [0.5, 0.6) is 0 Å². The second-order valence-corrected chi connectivity index (χ2v) is 3.24. The Morgan fingerprint density at radius 1 is 1.50 bits per heavy atom. The summed E-state index contributed by atoms with van der Waals surface area (Å²) in [4.78, 5) is 0. The average molecular weight is 165 g/mol. The van der Waals surface area contributed by atoms with E-state index < -0.39 is 0 Å². The van der Waals surface area contributed by atoms with Gasteiger partial charge in [-0.25, -0.2) is 0 Å². The third-order valence-corrected chi connectivity index (χ3v) is 1.87. The number of aryl methyl sites for hydroxylation is 1. The summed E-state index contributed by atoms with van der Waals surface area (Å²) in [6.45, 7) is 3.75. The van der Waals surface area contributed by atoms with E-state index in [4.69, 9.17) is 10.8 Å².